The maximum absolute atomic E-state index is 13.4. The lowest BCUT2D eigenvalue weighted by molar-refractivity contribution is 0.0342. The second-order valence-electron chi connectivity index (χ2n) is 7.71. The van der Waals surface area contributed by atoms with Crippen LogP contribution in [0.4, 0.5) is 25.0 Å². The van der Waals surface area contributed by atoms with Crippen LogP contribution >= 0.6 is 0 Å². The number of imidazole rings is 1. The molecule has 2 amide bonds. The minimum Gasteiger partial charge on any atom is -0.379 e. The fraction of sp³-hybridized carbons (Fsp3) is 0.227. The van der Waals surface area contributed by atoms with Crippen LogP contribution in [0.25, 0.3) is 22.6 Å². The van der Waals surface area contributed by atoms with Crippen LogP contribution < -0.4 is 10.6 Å². The second-order valence-corrected chi connectivity index (χ2v) is 7.71. The number of morpholine rings is 1. The lowest BCUT2D eigenvalue weighted by Gasteiger charge is -2.26. The Kier molecular flexibility index (Phi) is 5.71. The number of H-pyrrole nitrogens is 2. The highest BCUT2D eigenvalue weighted by atomic mass is 19.1. The van der Waals surface area contributed by atoms with E-state index in [1.165, 1.54) is 6.20 Å². The molecular weight excluding hydrogens is 432 g/mol. The molecule has 9 nitrogen and oxygen atoms in total. The van der Waals surface area contributed by atoms with Crippen molar-refractivity contribution in [3.05, 3.63) is 59.8 Å². The van der Waals surface area contributed by atoms with Gasteiger partial charge in [-0.3, -0.25) is 10.00 Å². The van der Waals surface area contributed by atoms with E-state index in [1.807, 2.05) is 12.1 Å². The lowest BCUT2D eigenvalue weighted by Crippen LogP contribution is -2.35. The molecule has 170 valence electrons. The molecule has 11 heteroatoms. The molecule has 0 unspecified atom stereocenters. The van der Waals surface area contributed by atoms with Gasteiger partial charge in [0, 0.05) is 37.6 Å². The van der Waals surface area contributed by atoms with E-state index < -0.39 is 17.7 Å². The maximum Gasteiger partial charge on any atom is 0.323 e. The maximum atomic E-state index is 13.4. The number of ether oxygens (including phenoxy) is 1. The first-order chi connectivity index (χ1) is 16.0. The fourth-order valence-corrected chi connectivity index (χ4v) is 3.76. The van der Waals surface area contributed by atoms with Crippen molar-refractivity contribution in [3.63, 3.8) is 0 Å². The summed E-state index contributed by atoms with van der Waals surface area (Å²) in [5, 5.41) is 11.9. The Bertz CT molecular complexity index is 1280. The van der Waals surface area contributed by atoms with Crippen molar-refractivity contribution in [3.8, 4) is 11.5 Å². The number of aromatic amines is 2. The Morgan fingerprint density at radius 2 is 1.88 bits per heavy atom. The van der Waals surface area contributed by atoms with Crippen LogP contribution in [0.3, 0.4) is 0 Å². The van der Waals surface area contributed by atoms with Crippen LogP contribution in [-0.2, 0) is 11.3 Å². The largest absolute Gasteiger partial charge is 0.379 e. The number of aromatic nitrogens is 4. The smallest absolute Gasteiger partial charge is 0.323 e. The van der Waals surface area contributed by atoms with Gasteiger partial charge in [-0.05, 0) is 29.8 Å². The number of anilines is 2. The second kappa shape index (κ2) is 8.96. The summed E-state index contributed by atoms with van der Waals surface area (Å²) in [6.07, 6.45) is 1.50. The highest BCUT2D eigenvalue weighted by molar-refractivity contribution is 6.01. The highest BCUT2D eigenvalue weighted by Gasteiger charge is 2.17. The summed E-state index contributed by atoms with van der Waals surface area (Å²) in [4.78, 5) is 22.5. The van der Waals surface area contributed by atoms with E-state index in [2.05, 4.69) is 41.8 Å². The molecule has 1 aliphatic heterocycles. The molecule has 2 aromatic heterocycles. The van der Waals surface area contributed by atoms with Crippen LogP contribution in [0.1, 0.15) is 5.56 Å². The number of hydrogen-bond acceptors (Lipinski definition) is 5. The first-order valence-electron chi connectivity index (χ1n) is 10.4. The van der Waals surface area contributed by atoms with Crippen molar-refractivity contribution in [1.29, 1.82) is 0 Å². The third-order valence-corrected chi connectivity index (χ3v) is 5.29. The SMILES string of the molecule is O=C(Nc1cc(F)cc(F)c1)Nc1c[nH]nc1-c1nc2cc(CN3CCOCC3)ccc2[nH]1. The van der Waals surface area contributed by atoms with Crippen molar-refractivity contribution in [2.75, 3.05) is 36.9 Å². The van der Waals surface area contributed by atoms with Crippen LogP contribution in [0, 0.1) is 11.6 Å². The van der Waals surface area contributed by atoms with E-state index in [9.17, 15) is 13.6 Å². The zero-order valence-electron chi connectivity index (χ0n) is 17.5. The number of urea groups is 1. The zero-order chi connectivity index (χ0) is 22.8. The van der Waals surface area contributed by atoms with Crippen LogP contribution in [-0.4, -0.2) is 57.4 Å². The lowest BCUT2D eigenvalue weighted by atomic mass is 10.2. The Morgan fingerprint density at radius 1 is 1.09 bits per heavy atom. The quantitative estimate of drug-likeness (QED) is 0.368. The number of carbonyl (C=O) groups excluding carboxylic acids is 1. The summed E-state index contributed by atoms with van der Waals surface area (Å²) >= 11 is 0. The molecule has 0 spiro atoms. The Balaban J connectivity index is 1.32. The van der Waals surface area contributed by atoms with Gasteiger partial charge in [-0.15, -0.1) is 0 Å². The molecule has 1 aliphatic rings. The van der Waals surface area contributed by atoms with Gasteiger partial charge in [-0.25, -0.2) is 18.6 Å². The van der Waals surface area contributed by atoms with E-state index in [1.54, 1.807) is 0 Å². The molecule has 5 rings (SSSR count). The van der Waals surface area contributed by atoms with Gasteiger partial charge in [0.2, 0.25) is 0 Å². The number of rotatable bonds is 5. The van der Waals surface area contributed by atoms with Crippen LogP contribution in [0.15, 0.2) is 42.6 Å². The molecule has 1 saturated heterocycles. The fourth-order valence-electron chi connectivity index (χ4n) is 3.76. The third kappa shape index (κ3) is 4.83. The minimum atomic E-state index is -0.787. The number of nitrogens with zero attached hydrogens (tertiary/aromatic N) is 3. The standard InChI is InChI=1S/C22H21F2N7O2/c23-14-8-15(24)10-16(9-14)26-22(32)29-19-11-25-30-20(19)21-27-17-2-1-13(7-18(17)28-21)12-31-3-5-33-6-4-31/h1-2,7-11H,3-6,12H2,(H,25,30)(H,27,28)(H2,26,29,32). The number of hydrogen-bond donors (Lipinski definition) is 4. The average molecular weight is 453 g/mol. The van der Waals surface area contributed by atoms with Crippen molar-refractivity contribution >= 4 is 28.4 Å². The van der Waals surface area contributed by atoms with Gasteiger partial charge in [-0.1, -0.05) is 6.07 Å². The third-order valence-electron chi connectivity index (χ3n) is 5.29. The van der Waals surface area contributed by atoms with Crippen molar-refractivity contribution in [1.82, 2.24) is 25.1 Å². The molecule has 33 heavy (non-hydrogen) atoms. The number of benzene rings is 2. The van der Waals surface area contributed by atoms with Crippen molar-refractivity contribution in [2.45, 2.75) is 6.54 Å². The predicted molar refractivity (Wildman–Crippen MR) is 119 cm³/mol. The molecule has 2 aromatic carbocycles. The number of halogens is 2. The van der Waals surface area contributed by atoms with E-state index in [-0.39, 0.29) is 5.69 Å². The van der Waals surface area contributed by atoms with Crippen LogP contribution in [0.5, 0.6) is 0 Å². The summed E-state index contributed by atoms with van der Waals surface area (Å²) in [5.74, 6) is -1.10. The molecule has 0 bridgehead atoms. The van der Waals surface area contributed by atoms with Crippen molar-refractivity contribution in [2.24, 2.45) is 0 Å². The predicted octanol–water partition coefficient (Wildman–Crippen LogP) is 3.71. The average Bonchev–Trinajstić information content (AvgIpc) is 3.39. The van der Waals surface area contributed by atoms with E-state index >= 15 is 0 Å². The van der Waals surface area contributed by atoms with Gasteiger partial charge in [0.25, 0.3) is 0 Å². The summed E-state index contributed by atoms with van der Waals surface area (Å²) in [6.45, 7) is 4.10. The Labute approximate surface area is 187 Å². The first-order valence-corrected chi connectivity index (χ1v) is 10.4. The summed E-state index contributed by atoms with van der Waals surface area (Å²) < 4.78 is 32.1. The number of amides is 2. The minimum absolute atomic E-state index is 0.00780. The van der Waals surface area contributed by atoms with Gasteiger partial charge in [0.05, 0.1) is 29.9 Å². The topological polar surface area (TPSA) is 111 Å². The van der Waals surface area contributed by atoms with Gasteiger partial charge < -0.3 is 20.4 Å². The summed E-state index contributed by atoms with van der Waals surface area (Å²) in [5.41, 5.74) is 3.52. The number of carbonyl (C=O) groups is 1. The Morgan fingerprint density at radius 3 is 2.67 bits per heavy atom. The van der Waals surface area contributed by atoms with Gasteiger partial charge in [0.15, 0.2) is 11.5 Å². The number of nitrogens with one attached hydrogen (secondary N) is 4. The van der Waals surface area contributed by atoms with Crippen LogP contribution in [0.2, 0.25) is 0 Å². The monoisotopic (exact) mass is 453 g/mol. The molecular formula is C22H21F2N7O2. The van der Waals surface area contributed by atoms with Gasteiger partial charge in [0.1, 0.15) is 11.6 Å². The number of fused-ring (bicyclic) bond motifs is 1. The zero-order valence-corrected chi connectivity index (χ0v) is 17.5. The molecule has 0 aliphatic carbocycles. The van der Waals surface area contributed by atoms with Gasteiger partial charge >= 0.3 is 6.03 Å². The first kappa shape index (κ1) is 21.0. The summed E-state index contributed by atoms with van der Waals surface area (Å²) in [6, 6.07) is 8.13. The molecule has 0 atom stereocenters. The molecule has 0 radical (unpaired) electrons. The van der Waals surface area contributed by atoms with E-state index in [4.69, 9.17) is 4.74 Å². The van der Waals surface area contributed by atoms with Crippen molar-refractivity contribution < 1.29 is 18.3 Å². The molecule has 4 aromatic rings. The molecule has 0 saturated carbocycles. The van der Waals surface area contributed by atoms with E-state index in [0.29, 0.717) is 17.2 Å². The normalized spacial score (nSPS) is 14.5. The highest BCUT2D eigenvalue weighted by Crippen LogP contribution is 2.26. The van der Waals surface area contributed by atoms with Gasteiger partial charge in [-0.2, -0.15) is 5.10 Å². The summed E-state index contributed by atoms with van der Waals surface area (Å²) in [7, 11) is 0. The molecule has 1 fully saturated rings. The Hall–Kier alpha value is -3.83. The molecule has 4 N–H and O–H groups in total. The van der Waals surface area contributed by atoms with E-state index in [0.717, 1.165) is 67.6 Å². The molecule has 3 heterocycles.